The van der Waals surface area contributed by atoms with E-state index >= 15 is 0 Å². The van der Waals surface area contributed by atoms with E-state index in [1.165, 1.54) is 31.2 Å². The number of carboxylic acid groups (broad SMARTS) is 2. The summed E-state index contributed by atoms with van der Waals surface area (Å²) < 4.78 is 27.4. The van der Waals surface area contributed by atoms with Gasteiger partial charge in [0, 0.05) is 12.1 Å². The SMILES string of the molecule is CC(=O)[C@H](CC(=O)O)NC(=O)c1ccc(CNS(=O)(=O)c2cc(C)c(O)c(C(=O)O)c2)cc1. The predicted molar refractivity (Wildman–Crippen MR) is 114 cm³/mol. The monoisotopic (exact) mass is 478 g/mol. The fraction of sp³-hybridized carbons (Fsp3) is 0.238. The number of ketones is 1. The van der Waals surface area contributed by atoms with Crippen LogP contribution in [0.15, 0.2) is 41.3 Å². The number of sulfonamides is 1. The van der Waals surface area contributed by atoms with Gasteiger partial charge in [-0.1, -0.05) is 12.1 Å². The van der Waals surface area contributed by atoms with Crippen LogP contribution in [0.3, 0.4) is 0 Å². The minimum atomic E-state index is -4.11. The second-order valence-corrected chi connectivity index (χ2v) is 8.96. The number of nitrogens with one attached hydrogen (secondary N) is 2. The van der Waals surface area contributed by atoms with Crippen LogP contribution in [0.25, 0.3) is 0 Å². The van der Waals surface area contributed by atoms with Crippen LogP contribution >= 0.6 is 0 Å². The number of aryl methyl sites for hydroxylation is 1. The molecule has 2 aromatic carbocycles. The molecule has 1 atom stereocenters. The van der Waals surface area contributed by atoms with Crippen molar-refractivity contribution in [2.75, 3.05) is 0 Å². The molecule has 12 heteroatoms. The summed E-state index contributed by atoms with van der Waals surface area (Å²) >= 11 is 0. The standard InChI is InChI=1S/C21H22N2O9S/c1-11-7-15(8-16(19(11)27)21(29)30)33(31,32)22-10-13-3-5-14(6-4-13)20(28)23-17(12(2)24)9-18(25)26/h3-8,17,22,27H,9-10H2,1-2H3,(H,23,28)(H,25,26)(H,29,30)/t17-/m0/s1. The zero-order chi connectivity index (χ0) is 24.9. The Morgan fingerprint density at radius 2 is 1.64 bits per heavy atom. The van der Waals surface area contributed by atoms with Gasteiger partial charge < -0.3 is 20.6 Å². The third-order valence-electron chi connectivity index (χ3n) is 4.67. The first-order valence-electron chi connectivity index (χ1n) is 9.50. The molecule has 11 nitrogen and oxygen atoms in total. The van der Waals surface area contributed by atoms with Gasteiger partial charge in [0.1, 0.15) is 11.3 Å². The molecule has 2 rings (SSSR count). The van der Waals surface area contributed by atoms with Crippen LogP contribution in [-0.2, 0) is 26.2 Å². The van der Waals surface area contributed by atoms with Crippen LogP contribution in [0.1, 0.15) is 45.2 Å². The number of benzene rings is 2. The summed E-state index contributed by atoms with van der Waals surface area (Å²) in [5.41, 5.74) is 0.145. The molecule has 0 aliphatic rings. The van der Waals surface area contributed by atoms with Gasteiger partial charge in [-0.3, -0.25) is 14.4 Å². The van der Waals surface area contributed by atoms with Crippen molar-refractivity contribution in [3.63, 3.8) is 0 Å². The Bertz CT molecular complexity index is 1200. The first kappa shape index (κ1) is 25.5. The average Bonchev–Trinajstić information content (AvgIpc) is 2.73. The maximum atomic E-state index is 12.6. The molecule has 0 bridgehead atoms. The summed E-state index contributed by atoms with van der Waals surface area (Å²) in [6.45, 7) is 2.36. The molecule has 0 aliphatic heterocycles. The molecule has 0 spiro atoms. The van der Waals surface area contributed by atoms with E-state index in [-0.39, 0.29) is 22.6 Å². The number of hydrogen-bond donors (Lipinski definition) is 5. The fourth-order valence-corrected chi connectivity index (χ4v) is 3.94. The van der Waals surface area contributed by atoms with Crippen LogP contribution in [0.2, 0.25) is 0 Å². The Morgan fingerprint density at radius 3 is 2.15 bits per heavy atom. The molecular weight excluding hydrogens is 456 g/mol. The summed E-state index contributed by atoms with van der Waals surface area (Å²) in [6.07, 6.45) is -0.554. The largest absolute Gasteiger partial charge is 0.507 e. The van der Waals surface area contributed by atoms with Gasteiger partial charge in [0.2, 0.25) is 10.0 Å². The van der Waals surface area contributed by atoms with E-state index in [9.17, 15) is 32.7 Å². The lowest BCUT2D eigenvalue weighted by atomic mass is 10.1. The number of hydrogen-bond acceptors (Lipinski definition) is 7. The summed E-state index contributed by atoms with van der Waals surface area (Å²) in [5.74, 6) is -4.41. The molecule has 0 aromatic heterocycles. The number of carboxylic acids is 2. The third kappa shape index (κ3) is 6.60. The highest BCUT2D eigenvalue weighted by atomic mass is 32.2. The summed E-state index contributed by atoms with van der Waals surface area (Å²) in [5, 5.41) is 30.1. The van der Waals surface area contributed by atoms with Crippen LogP contribution in [0, 0.1) is 6.92 Å². The van der Waals surface area contributed by atoms with Crippen molar-refractivity contribution in [2.45, 2.75) is 37.8 Å². The molecule has 33 heavy (non-hydrogen) atoms. The maximum Gasteiger partial charge on any atom is 0.339 e. The highest BCUT2D eigenvalue weighted by molar-refractivity contribution is 7.89. The smallest absolute Gasteiger partial charge is 0.339 e. The van der Waals surface area contributed by atoms with Gasteiger partial charge in [-0.15, -0.1) is 0 Å². The molecule has 0 unspecified atom stereocenters. The lowest BCUT2D eigenvalue weighted by molar-refractivity contribution is -0.139. The first-order chi connectivity index (χ1) is 15.3. The zero-order valence-corrected chi connectivity index (χ0v) is 18.5. The normalized spacial score (nSPS) is 12.1. The van der Waals surface area contributed by atoms with E-state index in [0.29, 0.717) is 5.56 Å². The van der Waals surface area contributed by atoms with Crippen LogP contribution in [0.4, 0.5) is 0 Å². The van der Waals surface area contributed by atoms with Crippen molar-refractivity contribution < 1.29 is 42.9 Å². The Hall–Kier alpha value is -3.77. The minimum absolute atomic E-state index is 0.0809. The number of aromatic hydroxyl groups is 1. The van der Waals surface area contributed by atoms with Gasteiger partial charge in [-0.25, -0.2) is 17.9 Å². The number of aliphatic carboxylic acids is 1. The second kappa shape index (κ2) is 10.2. The molecule has 0 aliphatic carbocycles. The highest BCUT2D eigenvalue weighted by Gasteiger charge is 2.22. The molecule has 0 saturated carbocycles. The van der Waals surface area contributed by atoms with Crippen LogP contribution in [0.5, 0.6) is 5.75 Å². The molecule has 5 N–H and O–H groups in total. The van der Waals surface area contributed by atoms with Gasteiger partial charge >= 0.3 is 11.9 Å². The lowest BCUT2D eigenvalue weighted by Gasteiger charge is -2.14. The first-order valence-corrected chi connectivity index (χ1v) is 11.0. The van der Waals surface area contributed by atoms with Crippen molar-refractivity contribution in [3.8, 4) is 5.75 Å². The van der Waals surface area contributed by atoms with Gasteiger partial charge in [0.05, 0.1) is 17.4 Å². The Labute approximate surface area is 189 Å². The highest BCUT2D eigenvalue weighted by Crippen LogP contribution is 2.26. The van der Waals surface area contributed by atoms with E-state index in [2.05, 4.69) is 10.0 Å². The molecule has 2 aromatic rings. The summed E-state index contributed by atoms with van der Waals surface area (Å²) in [6, 6.07) is 6.49. The Balaban J connectivity index is 2.11. The average molecular weight is 478 g/mol. The van der Waals surface area contributed by atoms with Crippen LogP contribution in [-0.4, -0.2) is 53.4 Å². The molecule has 1 amide bonds. The zero-order valence-electron chi connectivity index (χ0n) is 17.7. The van der Waals surface area contributed by atoms with Crippen molar-refractivity contribution in [3.05, 3.63) is 58.7 Å². The molecule has 0 saturated heterocycles. The number of Topliss-reactive ketones (excluding diaryl/α,β-unsaturated/α-hetero) is 1. The Morgan fingerprint density at radius 1 is 1.03 bits per heavy atom. The topological polar surface area (TPSA) is 187 Å². The van der Waals surface area contributed by atoms with Crippen molar-refractivity contribution in [1.29, 1.82) is 0 Å². The lowest BCUT2D eigenvalue weighted by Crippen LogP contribution is -2.41. The van der Waals surface area contributed by atoms with Gasteiger partial charge in [-0.2, -0.15) is 0 Å². The molecule has 176 valence electrons. The van der Waals surface area contributed by atoms with Gasteiger partial charge in [0.15, 0.2) is 5.78 Å². The number of carbonyl (C=O) groups is 4. The number of phenols is 1. The second-order valence-electron chi connectivity index (χ2n) is 7.20. The maximum absolute atomic E-state index is 12.6. The van der Waals surface area contributed by atoms with Gasteiger partial charge in [0.25, 0.3) is 5.91 Å². The quantitative estimate of drug-likeness (QED) is 0.332. The van der Waals surface area contributed by atoms with E-state index in [1.807, 2.05) is 0 Å². The molecule has 0 heterocycles. The predicted octanol–water partition coefficient (Wildman–Crippen LogP) is 1.04. The van der Waals surface area contributed by atoms with E-state index in [1.54, 1.807) is 0 Å². The minimum Gasteiger partial charge on any atom is -0.507 e. The summed E-state index contributed by atoms with van der Waals surface area (Å²) in [7, 11) is -4.11. The fourth-order valence-electron chi connectivity index (χ4n) is 2.81. The third-order valence-corrected chi connectivity index (χ3v) is 6.05. The van der Waals surface area contributed by atoms with Gasteiger partial charge in [-0.05, 0) is 49.2 Å². The van der Waals surface area contributed by atoms with E-state index in [4.69, 9.17) is 10.2 Å². The number of carbonyl (C=O) groups excluding carboxylic acids is 2. The number of rotatable bonds is 10. The molecular formula is C21H22N2O9S. The molecule has 0 fully saturated rings. The van der Waals surface area contributed by atoms with E-state index in [0.717, 1.165) is 19.1 Å². The number of amides is 1. The Kier molecular flexibility index (Phi) is 7.90. The van der Waals surface area contributed by atoms with Crippen molar-refractivity contribution in [2.24, 2.45) is 0 Å². The van der Waals surface area contributed by atoms with Crippen LogP contribution < -0.4 is 10.0 Å². The molecule has 0 radical (unpaired) electrons. The summed E-state index contributed by atoms with van der Waals surface area (Å²) in [4.78, 5) is 45.5. The van der Waals surface area contributed by atoms with Crippen molar-refractivity contribution >= 4 is 33.7 Å². The number of aromatic carboxylic acids is 1. The van der Waals surface area contributed by atoms with Crippen molar-refractivity contribution in [1.82, 2.24) is 10.0 Å². The van der Waals surface area contributed by atoms with E-state index < -0.39 is 57.4 Å².